The molecule has 1 amide bonds. The summed E-state index contributed by atoms with van der Waals surface area (Å²) in [6, 6.07) is 8.03. The number of pyridine rings is 1. The highest BCUT2D eigenvalue weighted by Gasteiger charge is 2.04. The molecule has 0 spiro atoms. The monoisotopic (exact) mass is 320 g/mol. The van der Waals surface area contributed by atoms with Gasteiger partial charge in [0, 0.05) is 22.9 Å². The van der Waals surface area contributed by atoms with E-state index in [2.05, 4.69) is 26.2 Å². The van der Waals surface area contributed by atoms with E-state index in [4.69, 9.17) is 0 Å². The van der Waals surface area contributed by atoms with Crippen molar-refractivity contribution >= 4 is 33.6 Å². The van der Waals surface area contributed by atoms with Gasteiger partial charge in [-0.15, -0.1) is 0 Å². The third-order valence-corrected chi connectivity index (χ3v) is 2.79. The van der Waals surface area contributed by atoms with Crippen LogP contribution in [0.3, 0.4) is 0 Å². The van der Waals surface area contributed by atoms with E-state index in [1.165, 1.54) is 18.2 Å². The summed E-state index contributed by atoms with van der Waals surface area (Å²) in [6.45, 7) is 0. The molecule has 96 valence electrons. The summed E-state index contributed by atoms with van der Waals surface area (Å²) < 4.78 is 14.1. The van der Waals surface area contributed by atoms with Crippen molar-refractivity contribution in [3.05, 3.63) is 64.7 Å². The molecule has 0 fully saturated rings. The first-order valence-electron chi connectivity index (χ1n) is 5.49. The molecule has 0 aliphatic carbocycles. The summed E-state index contributed by atoms with van der Waals surface area (Å²) in [4.78, 5) is 15.5. The third-order valence-electron chi connectivity index (χ3n) is 2.30. The van der Waals surface area contributed by atoms with E-state index in [0.717, 1.165) is 5.56 Å². The van der Waals surface area contributed by atoms with Gasteiger partial charge in [-0.2, -0.15) is 0 Å². The van der Waals surface area contributed by atoms with Gasteiger partial charge >= 0.3 is 0 Å². The van der Waals surface area contributed by atoms with Crippen LogP contribution in [-0.4, -0.2) is 10.9 Å². The molecule has 0 atom stereocenters. The van der Waals surface area contributed by atoms with Crippen molar-refractivity contribution in [2.75, 3.05) is 5.32 Å². The van der Waals surface area contributed by atoms with Crippen molar-refractivity contribution < 1.29 is 9.18 Å². The van der Waals surface area contributed by atoms with Crippen LogP contribution in [0.2, 0.25) is 0 Å². The lowest BCUT2D eigenvalue weighted by Gasteiger charge is -2.03. The third kappa shape index (κ3) is 3.99. The number of carbonyl (C=O) groups excluding carboxylic acids is 1. The molecule has 0 unspecified atom stereocenters. The first kappa shape index (κ1) is 13.4. The number of nitrogens with one attached hydrogen (secondary N) is 1. The molecule has 1 aromatic carbocycles. The molecule has 0 aliphatic rings. The number of hydrogen-bond donors (Lipinski definition) is 1. The maximum absolute atomic E-state index is 13.5. The molecule has 3 nitrogen and oxygen atoms in total. The summed E-state index contributed by atoms with van der Waals surface area (Å²) in [5.41, 5.74) is 0.943. The van der Waals surface area contributed by atoms with Crippen molar-refractivity contribution in [1.29, 1.82) is 0 Å². The molecule has 2 aromatic rings. The Bertz CT molecular complexity index is 614. The second kappa shape index (κ2) is 6.24. The Morgan fingerprint density at radius 2 is 2.21 bits per heavy atom. The summed E-state index contributed by atoms with van der Waals surface area (Å²) in [5.74, 6) is -0.887. The molecule has 0 radical (unpaired) electrons. The van der Waals surface area contributed by atoms with Gasteiger partial charge in [0.05, 0.1) is 5.69 Å². The number of anilines is 1. The predicted octanol–water partition coefficient (Wildman–Crippen LogP) is 3.64. The Balaban J connectivity index is 2.04. The second-order valence-corrected chi connectivity index (χ2v) is 4.65. The van der Waals surface area contributed by atoms with E-state index < -0.39 is 11.7 Å². The van der Waals surface area contributed by atoms with Crippen molar-refractivity contribution in [2.45, 2.75) is 0 Å². The van der Waals surface area contributed by atoms with Gasteiger partial charge in [-0.25, -0.2) is 4.39 Å². The minimum absolute atomic E-state index is 0.143. The highest BCUT2D eigenvalue weighted by atomic mass is 79.9. The number of rotatable bonds is 3. The molecule has 0 bridgehead atoms. The standard InChI is InChI=1S/C14H10BrFN2O/c15-11-4-5-13(12(16)8-11)18-14(19)6-3-10-2-1-7-17-9-10/h1-9H,(H,18,19)/b6-3+. The summed E-state index contributed by atoms with van der Waals surface area (Å²) in [7, 11) is 0. The van der Waals surface area contributed by atoms with Crippen LogP contribution in [0.5, 0.6) is 0 Å². The van der Waals surface area contributed by atoms with Crippen LogP contribution >= 0.6 is 15.9 Å². The molecule has 1 heterocycles. The largest absolute Gasteiger partial charge is 0.320 e. The van der Waals surface area contributed by atoms with E-state index in [1.807, 2.05) is 6.07 Å². The number of aromatic nitrogens is 1. The van der Waals surface area contributed by atoms with Crippen LogP contribution in [0.25, 0.3) is 6.08 Å². The van der Waals surface area contributed by atoms with Gasteiger partial charge in [0.2, 0.25) is 5.91 Å². The van der Waals surface area contributed by atoms with Gasteiger partial charge in [-0.05, 0) is 35.9 Å². The molecule has 1 aromatic heterocycles. The number of amides is 1. The maximum Gasteiger partial charge on any atom is 0.248 e. The zero-order chi connectivity index (χ0) is 13.7. The minimum Gasteiger partial charge on any atom is -0.320 e. The average Bonchev–Trinajstić information content (AvgIpc) is 2.41. The Morgan fingerprint density at radius 1 is 1.37 bits per heavy atom. The fourth-order valence-corrected chi connectivity index (χ4v) is 1.74. The van der Waals surface area contributed by atoms with Crippen molar-refractivity contribution in [3.8, 4) is 0 Å². The number of hydrogen-bond acceptors (Lipinski definition) is 2. The number of carbonyl (C=O) groups is 1. The molecule has 2 rings (SSSR count). The summed E-state index contributed by atoms with van der Waals surface area (Å²) >= 11 is 3.15. The van der Waals surface area contributed by atoms with Gasteiger partial charge in [-0.1, -0.05) is 22.0 Å². The zero-order valence-corrected chi connectivity index (χ0v) is 11.4. The van der Waals surface area contributed by atoms with Crippen LogP contribution in [-0.2, 0) is 4.79 Å². The lowest BCUT2D eigenvalue weighted by molar-refractivity contribution is -0.111. The predicted molar refractivity (Wildman–Crippen MR) is 76.0 cm³/mol. The summed E-state index contributed by atoms with van der Waals surface area (Å²) in [5, 5.41) is 2.47. The Morgan fingerprint density at radius 3 is 2.89 bits per heavy atom. The normalized spacial score (nSPS) is 10.6. The fourth-order valence-electron chi connectivity index (χ4n) is 1.41. The highest BCUT2D eigenvalue weighted by molar-refractivity contribution is 9.10. The van der Waals surface area contributed by atoms with Crippen LogP contribution in [0, 0.1) is 5.82 Å². The van der Waals surface area contributed by atoms with Crippen LogP contribution in [0.4, 0.5) is 10.1 Å². The van der Waals surface area contributed by atoms with E-state index in [-0.39, 0.29) is 5.69 Å². The molecule has 0 saturated carbocycles. The van der Waals surface area contributed by atoms with Gasteiger partial charge in [0.1, 0.15) is 5.82 Å². The van der Waals surface area contributed by atoms with Crippen molar-refractivity contribution in [3.63, 3.8) is 0 Å². The Kier molecular flexibility index (Phi) is 4.41. The molecular formula is C14H10BrFN2O. The first-order chi connectivity index (χ1) is 9.15. The van der Waals surface area contributed by atoms with Gasteiger partial charge < -0.3 is 5.32 Å². The lowest BCUT2D eigenvalue weighted by Crippen LogP contribution is -2.09. The number of nitrogens with zero attached hydrogens (tertiary/aromatic N) is 1. The van der Waals surface area contributed by atoms with E-state index in [0.29, 0.717) is 4.47 Å². The molecule has 19 heavy (non-hydrogen) atoms. The maximum atomic E-state index is 13.5. The van der Waals surface area contributed by atoms with Gasteiger partial charge in [0.25, 0.3) is 0 Å². The van der Waals surface area contributed by atoms with Gasteiger partial charge in [0.15, 0.2) is 0 Å². The lowest BCUT2D eigenvalue weighted by atomic mass is 10.2. The average molecular weight is 321 g/mol. The fraction of sp³-hybridized carbons (Fsp3) is 0. The molecule has 5 heteroatoms. The van der Waals surface area contributed by atoms with E-state index in [1.54, 1.807) is 30.6 Å². The molecule has 0 saturated heterocycles. The van der Waals surface area contributed by atoms with Crippen LogP contribution < -0.4 is 5.32 Å². The Labute approximate surface area is 118 Å². The number of halogens is 2. The molecule has 1 N–H and O–H groups in total. The van der Waals surface area contributed by atoms with Crippen molar-refractivity contribution in [2.24, 2.45) is 0 Å². The van der Waals surface area contributed by atoms with E-state index >= 15 is 0 Å². The first-order valence-corrected chi connectivity index (χ1v) is 6.28. The van der Waals surface area contributed by atoms with Gasteiger partial charge in [-0.3, -0.25) is 9.78 Å². The molecular weight excluding hydrogens is 311 g/mol. The van der Waals surface area contributed by atoms with Crippen LogP contribution in [0.15, 0.2) is 53.3 Å². The minimum atomic E-state index is -0.488. The SMILES string of the molecule is O=C(/C=C/c1cccnc1)Nc1ccc(Br)cc1F. The molecule has 0 aliphatic heterocycles. The van der Waals surface area contributed by atoms with Crippen molar-refractivity contribution in [1.82, 2.24) is 4.98 Å². The van der Waals surface area contributed by atoms with E-state index in [9.17, 15) is 9.18 Å². The topological polar surface area (TPSA) is 42.0 Å². The smallest absolute Gasteiger partial charge is 0.248 e. The second-order valence-electron chi connectivity index (χ2n) is 3.73. The Hall–Kier alpha value is -2.01. The quantitative estimate of drug-likeness (QED) is 0.877. The summed E-state index contributed by atoms with van der Waals surface area (Å²) in [6.07, 6.45) is 6.22. The highest BCUT2D eigenvalue weighted by Crippen LogP contribution is 2.19. The number of benzene rings is 1. The van der Waals surface area contributed by atoms with Crippen LogP contribution in [0.1, 0.15) is 5.56 Å². The zero-order valence-electron chi connectivity index (χ0n) is 9.81.